The summed E-state index contributed by atoms with van der Waals surface area (Å²) in [6.45, 7) is 4.89. The van der Waals surface area contributed by atoms with Crippen LogP contribution < -0.4 is 10.1 Å². The molecule has 1 aliphatic rings. The molecule has 3 heterocycles. The van der Waals surface area contributed by atoms with Gasteiger partial charge in [-0.2, -0.15) is 4.98 Å². The second kappa shape index (κ2) is 10.8. The Balaban J connectivity index is 1.46. The fourth-order valence-corrected chi connectivity index (χ4v) is 4.19. The van der Waals surface area contributed by atoms with Gasteiger partial charge in [0.15, 0.2) is 5.79 Å². The number of hydrogen-bond donors (Lipinski definition) is 3. The molecule has 1 aromatic carbocycles. The molecule has 1 aliphatic heterocycles. The van der Waals surface area contributed by atoms with Gasteiger partial charge in [0, 0.05) is 24.8 Å². The number of aromatic nitrogens is 3. The van der Waals surface area contributed by atoms with Crippen LogP contribution in [0.25, 0.3) is 11.0 Å². The number of ether oxygens (including phenoxy) is 4. The molecule has 3 atom stereocenters. The normalized spacial score (nSPS) is 20.6. The number of rotatable bonds is 11. The molecule has 3 aromatic rings. The van der Waals surface area contributed by atoms with Gasteiger partial charge in [0.1, 0.15) is 42.4 Å². The molecule has 0 radical (unpaired) electrons. The van der Waals surface area contributed by atoms with E-state index in [0.29, 0.717) is 32.3 Å². The molecule has 0 bridgehead atoms. The van der Waals surface area contributed by atoms with E-state index in [2.05, 4.69) is 15.3 Å². The topological polar surface area (TPSA) is 120 Å². The summed E-state index contributed by atoms with van der Waals surface area (Å²) in [6.07, 6.45) is 1.39. The van der Waals surface area contributed by atoms with E-state index in [4.69, 9.17) is 18.9 Å². The number of aliphatic hydroxyl groups excluding tert-OH is 2. The van der Waals surface area contributed by atoms with Crippen LogP contribution in [-0.2, 0) is 34.1 Å². The highest BCUT2D eigenvalue weighted by molar-refractivity contribution is 5.83. The summed E-state index contributed by atoms with van der Waals surface area (Å²) in [5.74, 6) is -0.361. The molecule has 0 spiro atoms. The minimum Gasteiger partial charge on any atom is -0.479 e. The lowest BCUT2D eigenvalue weighted by atomic mass is 10.1. The molecule has 0 amide bonds. The molecule has 2 aromatic heterocycles. The van der Waals surface area contributed by atoms with Crippen molar-refractivity contribution in [1.82, 2.24) is 19.9 Å². The molecule has 0 aliphatic carbocycles. The van der Waals surface area contributed by atoms with Gasteiger partial charge in [-0.15, -0.1) is 0 Å². The fourth-order valence-electron chi connectivity index (χ4n) is 4.19. The second-order valence-corrected chi connectivity index (χ2v) is 8.69. The van der Waals surface area contributed by atoms with Crippen LogP contribution in [0.3, 0.4) is 0 Å². The van der Waals surface area contributed by atoms with E-state index in [9.17, 15) is 10.2 Å². The van der Waals surface area contributed by atoms with Crippen molar-refractivity contribution in [3.05, 3.63) is 54.0 Å². The second-order valence-electron chi connectivity index (χ2n) is 8.69. The number of aliphatic hydroxyl groups is 2. The van der Waals surface area contributed by atoms with Gasteiger partial charge in [0.05, 0.1) is 20.3 Å². The first kappa shape index (κ1) is 24.5. The first-order chi connectivity index (χ1) is 16.4. The number of benzene rings is 1. The van der Waals surface area contributed by atoms with Crippen LogP contribution >= 0.6 is 0 Å². The first-order valence-electron chi connectivity index (χ1n) is 11.3. The third kappa shape index (κ3) is 5.54. The fraction of sp³-hybridized carbons (Fsp3) is 0.500. The molecular formula is C24H32N4O6. The van der Waals surface area contributed by atoms with Gasteiger partial charge in [0.25, 0.3) is 0 Å². The lowest BCUT2D eigenvalue weighted by Gasteiger charge is -2.21. The van der Waals surface area contributed by atoms with E-state index in [-0.39, 0.29) is 0 Å². The summed E-state index contributed by atoms with van der Waals surface area (Å²) in [7, 11) is 1.58. The van der Waals surface area contributed by atoms with E-state index >= 15 is 0 Å². The average Bonchev–Trinajstić information content (AvgIpc) is 3.35. The number of nitrogens with one attached hydrogen (secondary N) is 1. The Kier molecular flexibility index (Phi) is 7.77. The summed E-state index contributed by atoms with van der Waals surface area (Å²) in [5, 5.41) is 22.8. The Labute approximate surface area is 198 Å². The highest BCUT2D eigenvalue weighted by atomic mass is 16.8. The van der Waals surface area contributed by atoms with Crippen LogP contribution in [0, 0.1) is 0 Å². The maximum absolute atomic E-state index is 10.1. The highest BCUT2D eigenvalue weighted by Gasteiger charge is 2.44. The molecule has 34 heavy (non-hydrogen) atoms. The quantitative estimate of drug-likeness (QED) is 0.382. The van der Waals surface area contributed by atoms with Crippen LogP contribution in [0.1, 0.15) is 25.0 Å². The predicted octanol–water partition coefficient (Wildman–Crippen LogP) is 1.58. The Morgan fingerprint density at radius 2 is 2.00 bits per heavy atom. The van der Waals surface area contributed by atoms with Crippen molar-refractivity contribution in [2.45, 2.75) is 57.8 Å². The summed E-state index contributed by atoms with van der Waals surface area (Å²) < 4.78 is 25.0. The predicted molar refractivity (Wildman–Crippen MR) is 124 cm³/mol. The maximum Gasteiger partial charge on any atom is 0.241 e. The smallest absolute Gasteiger partial charge is 0.241 e. The zero-order valence-corrected chi connectivity index (χ0v) is 19.7. The molecule has 3 N–H and O–H groups in total. The van der Waals surface area contributed by atoms with E-state index in [0.717, 1.165) is 22.2 Å². The molecule has 10 nitrogen and oxygen atoms in total. The summed E-state index contributed by atoms with van der Waals surface area (Å²) in [5.41, 5.74) is 3.55. The average molecular weight is 473 g/mol. The third-order valence-electron chi connectivity index (χ3n) is 5.68. The Bertz CT molecular complexity index is 1070. The standard InChI is InChI=1S/C24H32N4O6/c1-24(2)33-19(22(34-24)18(30)12-29)10-25-9-17-11-28(15-32-13-16-7-5-4-6-8-16)21-20(17)26-14-27-23(21)31-3/h4-8,11,14,18-19,22,25,29-30H,9-10,12-13,15H2,1-3H3/t18-,19+,22-/m1/s1. The first-order valence-corrected chi connectivity index (χ1v) is 11.3. The molecule has 1 saturated heterocycles. The van der Waals surface area contributed by atoms with Crippen LogP contribution in [0.5, 0.6) is 5.88 Å². The Morgan fingerprint density at radius 1 is 1.21 bits per heavy atom. The molecule has 1 fully saturated rings. The molecule has 4 rings (SSSR count). The van der Waals surface area contributed by atoms with Crippen LogP contribution in [0.15, 0.2) is 42.9 Å². The van der Waals surface area contributed by atoms with E-state index in [1.54, 1.807) is 21.0 Å². The molecule has 10 heteroatoms. The van der Waals surface area contributed by atoms with E-state index < -0.39 is 30.7 Å². The van der Waals surface area contributed by atoms with Gasteiger partial charge in [-0.05, 0) is 19.4 Å². The molecule has 0 unspecified atom stereocenters. The summed E-state index contributed by atoms with van der Waals surface area (Å²) >= 11 is 0. The van der Waals surface area contributed by atoms with Crippen molar-refractivity contribution in [2.75, 3.05) is 20.3 Å². The third-order valence-corrected chi connectivity index (χ3v) is 5.68. The summed E-state index contributed by atoms with van der Waals surface area (Å²) in [6, 6.07) is 9.97. The van der Waals surface area contributed by atoms with E-state index in [1.165, 1.54) is 6.33 Å². The molecule has 184 valence electrons. The van der Waals surface area contributed by atoms with Gasteiger partial charge >= 0.3 is 0 Å². The van der Waals surface area contributed by atoms with Gasteiger partial charge in [-0.1, -0.05) is 30.3 Å². The van der Waals surface area contributed by atoms with Crippen LogP contribution in [0.2, 0.25) is 0 Å². The SMILES string of the molecule is COc1ncnc2c(CNC[C@@H]3OC(C)(C)O[C@@H]3[C@H](O)CO)cn(COCc3ccccc3)c12. The number of fused-ring (bicyclic) bond motifs is 1. The Hall–Kier alpha value is -2.60. The number of methoxy groups -OCH3 is 1. The van der Waals surface area contributed by atoms with E-state index in [1.807, 2.05) is 41.1 Å². The maximum atomic E-state index is 10.1. The number of nitrogens with zero attached hydrogens (tertiary/aromatic N) is 3. The van der Waals surface area contributed by atoms with Crippen molar-refractivity contribution < 1.29 is 29.2 Å². The lowest BCUT2D eigenvalue weighted by Crippen LogP contribution is -2.42. The minimum atomic E-state index is -1.02. The zero-order chi connectivity index (χ0) is 24.1. The molecular weight excluding hydrogens is 440 g/mol. The van der Waals surface area contributed by atoms with Gasteiger partial charge < -0.3 is 39.0 Å². The van der Waals surface area contributed by atoms with Gasteiger partial charge in [-0.25, -0.2) is 4.98 Å². The van der Waals surface area contributed by atoms with Crippen molar-refractivity contribution in [3.8, 4) is 5.88 Å². The summed E-state index contributed by atoms with van der Waals surface area (Å²) in [4.78, 5) is 8.72. The lowest BCUT2D eigenvalue weighted by molar-refractivity contribution is -0.157. The van der Waals surface area contributed by atoms with Crippen LogP contribution in [-0.4, -0.2) is 69.1 Å². The van der Waals surface area contributed by atoms with Crippen LogP contribution in [0.4, 0.5) is 0 Å². The van der Waals surface area contributed by atoms with Crippen molar-refractivity contribution in [3.63, 3.8) is 0 Å². The monoisotopic (exact) mass is 472 g/mol. The van der Waals surface area contributed by atoms with Gasteiger partial charge in [0.2, 0.25) is 5.88 Å². The van der Waals surface area contributed by atoms with Crippen molar-refractivity contribution in [1.29, 1.82) is 0 Å². The minimum absolute atomic E-state index is 0.313. The molecule has 0 saturated carbocycles. The van der Waals surface area contributed by atoms with Gasteiger partial charge in [-0.3, -0.25) is 0 Å². The number of hydrogen-bond acceptors (Lipinski definition) is 9. The largest absolute Gasteiger partial charge is 0.479 e. The van der Waals surface area contributed by atoms with Crippen molar-refractivity contribution in [2.24, 2.45) is 0 Å². The zero-order valence-electron chi connectivity index (χ0n) is 19.7. The Morgan fingerprint density at radius 3 is 2.74 bits per heavy atom. The van der Waals surface area contributed by atoms with Crippen molar-refractivity contribution >= 4 is 11.0 Å². The highest BCUT2D eigenvalue weighted by Crippen LogP contribution is 2.30.